The van der Waals surface area contributed by atoms with Crippen LogP contribution in [-0.4, -0.2) is 33.8 Å². The Morgan fingerprint density at radius 1 is 1.67 bits per heavy atom. The number of rotatable bonds is 5. The quantitative estimate of drug-likeness (QED) is 0.496. The first kappa shape index (κ1) is 14.9. The summed E-state index contributed by atoms with van der Waals surface area (Å²) in [6.07, 6.45) is 2.22. The van der Waals surface area contributed by atoms with E-state index in [4.69, 9.17) is 5.73 Å². The molecule has 0 aliphatic rings. The second-order valence-corrected chi connectivity index (χ2v) is 5.93. The largest absolute Gasteiger partial charge is 0.468 e. The van der Waals surface area contributed by atoms with Crippen LogP contribution in [0.2, 0.25) is 0 Å². The normalized spacial score (nSPS) is 15.8. The molecule has 0 bridgehead atoms. The summed E-state index contributed by atoms with van der Waals surface area (Å²) in [5, 5.41) is 0.823. The summed E-state index contributed by atoms with van der Waals surface area (Å²) in [4.78, 5) is 20.0. The minimum atomic E-state index is -0.981. The van der Waals surface area contributed by atoms with Crippen molar-refractivity contribution in [2.75, 3.05) is 7.11 Å². The summed E-state index contributed by atoms with van der Waals surface area (Å²) in [7, 11) is 1.34. The fourth-order valence-electron chi connectivity index (χ4n) is 1.62. The third kappa shape index (κ3) is 4.27. The summed E-state index contributed by atoms with van der Waals surface area (Å²) < 4.78 is 4.68. The van der Waals surface area contributed by atoms with Crippen molar-refractivity contribution in [1.82, 2.24) is 9.97 Å². The van der Waals surface area contributed by atoms with Gasteiger partial charge in [0.25, 0.3) is 0 Å². The zero-order chi connectivity index (χ0) is 13.8. The van der Waals surface area contributed by atoms with Crippen LogP contribution in [0.1, 0.15) is 26.0 Å². The van der Waals surface area contributed by atoms with E-state index < -0.39 is 11.5 Å². The number of aromatic nitrogens is 2. The highest BCUT2D eigenvalue weighted by Gasteiger charge is 2.31. The molecule has 1 aromatic rings. The molecule has 2 atom stereocenters. The number of carbonyl (C=O) groups is 1. The van der Waals surface area contributed by atoms with Gasteiger partial charge in [0.15, 0.2) is 5.16 Å². The van der Waals surface area contributed by atoms with Crippen molar-refractivity contribution in [2.24, 2.45) is 5.73 Å². The maximum Gasteiger partial charge on any atom is 0.325 e. The number of hydrogen-bond acceptors (Lipinski definition) is 6. The number of carbonyl (C=O) groups excluding carboxylic acids is 1. The third-order valence-electron chi connectivity index (χ3n) is 2.44. The highest BCUT2D eigenvalue weighted by Crippen LogP contribution is 2.25. The Morgan fingerprint density at radius 3 is 2.89 bits per heavy atom. The van der Waals surface area contributed by atoms with Crippen LogP contribution >= 0.6 is 11.8 Å². The van der Waals surface area contributed by atoms with Gasteiger partial charge in [-0.05, 0) is 26.3 Å². The lowest BCUT2D eigenvalue weighted by molar-refractivity contribution is -0.146. The van der Waals surface area contributed by atoms with Crippen LogP contribution in [0.15, 0.2) is 17.4 Å². The molecule has 18 heavy (non-hydrogen) atoms. The first-order chi connectivity index (χ1) is 8.35. The van der Waals surface area contributed by atoms with E-state index in [0.29, 0.717) is 11.6 Å². The molecule has 6 heteroatoms. The van der Waals surface area contributed by atoms with Gasteiger partial charge in [-0.3, -0.25) is 4.79 Å². The molecule has 100 valence electrons. The van der Waals surface area contributed by atoms with Crippen molar-refractivity contribution >= 4 is 17.7 Å². The maximum absolute atomic E-state index is 11.5. The van der Waals surface area contributed by atoms with Gasteiger partial charge in [-0.15, -0.1) is 0 Å². The van der Waals surface area contributed by atoms with Crippen molar-refractivity contribution in [2.45, 2.75) is 43.1 Å². The monoisotopic (exact) mass is 269 g/mol. The van der Waals surface area contributed by atoms with Crippen LogP contribution in [0, 0.1) is 6.92 Å². The third-order valence-corrected chi connectivity index (χ3v) is 3.42. The summed E-state index contributed by atoms with van der Waals surface area (Å²) in [5.74, 6) is -0.403. The van der Waals surface area contributed by atoms with Gasteiger partial charge in [-0.25, -0.2) is 9.97 Å². The van der Waals surface area contributed by atoms with Crippen LogP contribution in [-0.2, 0) is 9.53 Å². The number of nitrogens with zero attached hydrogens (tertiary/aromatic N) is 2. The standard InChI is InChI=1S/C12H19N3O2S/c1-8-5-6-14-11(15-8)18-9(2)7-12(3,13)10(16)17-4/h5-6,9H,7,13H2,1-4H3. The fraction of sp³-hybridized carbons (Fsp3) is 0.583. The minimum Gasteiger partial charge on any atom is -0.468 e. The van der Waals surface area contributed by atoms with E-state index in [1.165, 1.54) is 18.9 Å². The lowest BCUT2D eigenvalue weighted by Gasteiger charge is -2.24. The van der Waals surface area contributed by atoms with Gasteiger partial charge in [0.2, 0.25) is 0 Å². The van der Waals surface area contributed by atoms with Gasteiger partial charge in [0, 0.05) is 17.1 Å². The summed E-state index contributed by atoms with van der Waals surface area (Å²) in [5.41, 5.74) is 5.87. The van der Waals surface area contributed by atoms with Crippen molar-refractivity contribution < 1.29 is 9.53 Å². The van der Waals surface area contributed by atoms with Crippen LogP contribution < -0.4 is 5.73 Å². The molecule has 0 spiro atoms. The van der Waals surface area contributed by atoms with Crippen LogP contribution in [0.3, 0.4) is 0 Å². The van der Waals surface area contributed by atoms with E-state index in [-0.39, 0.29) is 5.25 Å². The van der Waals surface area contributed by atoms with Gasteiger partial charge in [0.05, 0.1) is 7.11 Å². The zero-order valence-corrected chi connectivity index (χ0v) is 12.0. The van der Waals surface area contributed by atoms with Gasteiger partial charge < -0.3 is 10.5 Å². The molecule has 0 aliphatic carbocycles. The fourth-order valence-corrected chi connectivity index (χ4v) is 2.73. The van der Waals surface area contributed by atoms with E-state index in [1.54, 1.807) is 13.1 Å². The summed E-state index contributed by atoms with van der Waals surface area (Å²) in [6, 6.07) is 1.84. The number of thioether (sulfide) groups is 1. The minimum absolute atomic E-state index is 0.126. The molecule has 2 N–H and O–H groups in total. The SMILES string of the molecule is COC(=O)C(C)(N)CC(C)Sc1nccc(C)n1. The van der Waals surface area contributed by atoms with Gasteiger partial charge in [0.1, 0.15) is 5.54 Å². The van der Waals surface area contributed by atoms with Crippen LogP contribution in [0.4, 0.5) is 0 Å². The molecule has 0 saturated heterocycles. The molecule has 0 aromatic carbocycles. The Hall–Kier alpha value is -1.14. The molecule has 0 fully saturated rings. The Morgan fingerprint density at radius 2 is 2.33 bits per heavy atom. The van der Waals surface area contributed by atoms with Crippen molar-refractivity contribution in [3.8, 4) is 0 Å². The zero-order valence-electron chi connectivity index (χ0n) is 11.1. The number of ether oxygens (including phenoxy) is 1. The van der Waals surface area contributed by atoms with Crippen molar-refractivity contribution in [3.05, 3.63) is 18.0 Å². The number of methoxy groups -OCH3 is 1. The van der Waals surface area contributed by atoms with Crippen LogP contribution in [0.25, 0.3) is 0 Å². The lowest BCUT2D eigenvalue weighted by Crippen LogP contribution is -2.47. The molecular formula is C12H19N3O2S. The molecule has 0 saturated carbocycles. The number of nitrogens with two attached hydrogens (primary N) is 1. The molecule has 0 amide bonds. The number of aryl methyl sites for hydroxylation is 1. The Kier molecular flexibility index (Phi) is 5.10. The van der Waals surface area contributed by atoms with Crippen molar-refractivity contribution in [3.63, 3.8) is 0 Å². The highest BCUT2D eigenvalue weighted by molar-refractivity contribution is 7.99. The van der Waals surface area contributed by atoms with Gasteiger partial charge in [-0.1, -0.05) is 18.7 Å². The maximum atomic E-state index is 11.5. The predicted molar refractivity (Wildman–Crippen MR) is 71.3 cm³/mol. The predicted octanol–water partition coefficient (Wildman–Crippen LogP) is 1.55. The van der Waals surface area contributed by atoms with Crippen molar-refractivity contribution in [1.29, 1.82) is 0 Å². The smallest absolute Gasteiger partial charge is 0.325 e. The Balaban J connectivity index is 2.61. The average molecular weight is 269 g/mol. The molecular weight excluding hydrogens is 250 g/mol. The Labute approximate surface area is 112 Å². The number of esters is 1. The van der Waals surface area contributed by atoms with E-state index >= 15 is 0 Å². The second-order valence-electron chi connectivity index (χ2n) is 4.52. The second kappa shape index (κ2) is 6.15. The average Bonchev–Trinajstić information content (AvgIpc) is 2.26. The summed E-state index contributed by atoms with van der Waals surface area (Å²) in [6.45, 7) is 5.58. The molecule has 1 rings (SSSR count). The number of hydrogen-bond donors (Lipinski definition) is 1. The summed E-state index contributed by atoms with van der Waals surface area (Å²) >= 11 is 1.50. The highest BCUT2D eigenvalue weighted by atomic mass is 32.2. The molecule has 1 heterocycles. The Bertz CT molecular complexity index is 424. The molecule has 5 nitrogen and oxygen atoms in total. The molecule has 1 aromatic heterocycles. The van der Waals surface area contributed by atoms with Gasteiger partial charge in [-0.2, -0.15) is 0 Å². The molecule has 0 radical (unpaired) electrons. The topological polar surface area (TPSA) is 78.1 Å². The molecule has 0 aliphatic heterocycles. The molecule has 2 unspecified atom stereocenters. The first-order valence-corrected chi connectivity index (χ1v) is 6.56. The van der Waals surface area contributed by atoms with E-state index in [9.17, 15) is 4.79 Å². The van der Waals surface area contributed by atoms with Gasteiger partial charge >= 0.3 is 5.97 Å². The van der Waals surface area contributed by atoms with Crippen LogP contribution in [0.5, 0.6) is 0 Å². The van der Waals surface area contributed by atoms with E-state index in [2.05, 4.69) is 14.7 Å². The lowest BCUT2D eigenvalue weighted by atomic mass is 9.98. The van der Waals surface area contributed by atoms with E-state index in [0.717, 1.165) is 5.69 Å². The van der Waals surface area contributed by atoms with E-state index in [1.807, 2.05) is 19.9 Å². The first-order valence-electron chi connectivity index (χ1n) is 5.69.